The Morgan fingerprint density at radius 3 is 2.60 bits per heavy atom. The molecule has 0 spiro atoms. The molecule has 0 radical (unpaired) electrons. The first kappa shape index (κ1) is 12.0. The van der Waals surface area contributed by atoms with E-state index < -0.39 is 0 Å². The summed E-state index contributed by atoms with van der Waals surface area (Å²) in [4.78, 5) is 10.9. The van der Waals surface area contributed by atoms with Crippen molar-refractivity contribution in [2.24, 2.45) is 5.73 Å². The highest BCUT2D eigenvalue weighted by molar-refractivity contribution is 6.30. The Bertz CT molecular complexity index is 324. The van der Waals surface area contributed by atoms with Gasteiger partial charge < -0.3 is 10.5 Å². The number of hydrogen-bond acceptors (Lipinski definition) is 3. The molecule has 1 aromatic rings. The maximum atomic E-state index is 10.9. The lowest BCUT2D eigenvalue weighted by Gasteiger charge is -2.09. The fourth-order valence-corrected chi connectivity index (χ4v) is 1.42. The molecule has 0 aliphatic heterocycles. The van der Waals surface area contributed by atoms with Crippen molar-refractivity contribution in [1.82, 2.24) is 0 Å². The summed E-state index contributed by atoms with van der Waals surface area (Å²) >= 11 is 5.75. The largest absolute Gasteiger partial charge is 0.469 e. The molecule has 0 heterocycles. The summed E-state index contributed by atoms with van der Waals surface area (Å²) < 4.78 is 4.54. The summed E-state index contributed by atoms with van der Waals surface area (Å²) in [6.45, 7) is 0. The monoisotopic (exact) mass is 227 g/mol. The molecule has 0 unspecified atom stereocenters. The smallest absolute Gasteiger partial charge is 0.307 e. The van der Waals surface area contributed by atoms with Crippen molar-refractivity contribution >= 4 is 17.6 Å². The van der Waals surface area contributed by atoms with Gasteiger partial charge in [-0.05, 0) is 24.1 Å². The summed E-state index contributed by atoms with van der Waals surface area (Å²) in [6, 6.07) is 7.21. The molecule has 0 aliphatic rings. The van der Waals surface area contributed by atoms with Crippen LogP contribution >= 0.6 is 11.6 Å². The van der Waals surface area contributed by atoms with Crippen LogP contribution in [-0.2, 0) is 16.0 Å². The van der Waals surface area contributed by atoms with Gasteiger partial charge in [0.2, 0.25) is 0 Å². The summed E-state index contributed by atoms with van der Waals surface area (Å²) in [5.74, 6) is -0.281. The first-order valence-corrected chi connectivity index (χ1v) is 5.06. The summed E-state index contributed by atoms with van der Waals surface area (Å²) in [6.07, 6.45) is 0.880. The molecule has 82 valence electrons. The first-order chi connectivity index (χ1) is 7.11. The predicted octanol–water partition coefficient (Wildman–Crippen LogP) is 1.77. The van der Waals surface area contributed by atoms with Crippen LogP contribution in [0.3, 0.4) is 0 Å². The molecular weight excluding hydrogens is 214 g/mol. The second-order valence-electron chi connectivity index (χ2n) is 3.37. The van der Waals surface area contributed by atoms with Gasteiger partial charge in [0.15, 0.2) is 0 Å². The number of hydrogen-bond donors (Lipinski definition) is 1. The van der Waals surface area contributed by atoms with Gasteiger partial charge in [-0.25, -0.2) is 0 Å². The molecule has 1 rings (SSSR count). The molecular formula is C11H14ClNO2. The zero-order valence-electron chi connectivity index (χ0n) is 8.57. The third-order valence-corrected chi connectivity index (χ3v) is 2.32. The van der Waals surface area contributed by atoms with Crippen molar-refractivity contribution < 1.29 is 9.53 Å². The summed E-state index contributed by atoms with van der Waals surface area (Å²) in [5, 5.41) is 0.695. The van der Waals surface area contributed by atoms with Crippen molar-refractivity contribution in [1.29, 1.82) is 0 Å². The van der Waals surface area contributed by atoms with Gasteiger partial charge in [0.1, 0.15) is 0 Å². The van der Waals surface area contributed by atoms with Crippen molar-refractivity contribution in [3.05, 3.63) is 34.9 Å². The Hall–Kier alpha value is -1.06. The van der Waals surface area contributed by atoms with E-state index >= 15 is 0 Å². The predicted molar refractivity (Wildman–Crippen MR) is 59.8 cm³/mol. The topological polar surface area (TPSA) is 52.3 Å². The van der Waals surface area contributed by atoms with Crippen molar-refractivity contribution in [3.63, 3.8) is 0 Å². The van der Waals surface area contributed by atoms with E-state index in [1.54, 1.807) is 0 Å². The molecule has 15 heavy (non-hydrogen) atoms. The van der Waals surface area contributed by atoms with E-state index in [0.717, 1.165) is 5.56 Å². The Morgan fingerprint density at radius 2 is 2.07 bits per heavy atom. The van der Waals surface area contributed by atoms with Crippen LogP contribution in [0.4, 0.5) is 0 Å². The fourth-order valence-electron chi connectivity index (χ4n) is 1.29. The average molecular weight is 228 g/mol. The van der Waals surface area contributed by atoms with E-state index in [9.17, 15) is 4.79 Å². The minimum absolute atomic E-state index is 0.210. The number of rotatable bonds is 4. The van der Waals surface area contributed by atoms with Crippen molar-refractivity contribution in [2.75, 3.05) is 7.11 Å². The van der Waals surface area contributed by atoms with Crippen LogP contribution in [0.15, 0.2) is 24.3 Å². The zero-order valence-corrected chi connectivity index (χ0v) is 9.33. The summed E-state index contributed by atoms with van der Waals surface area (Å²) in [7, 11) is 1.36. The second kappa shape index (κ2) is 5.73. The third-order valence-electron chi connectivity index (χ3n) is 2.07. The van der Waals surface area contributed by atoms with Gasteiger partial charge in [0, 0.05) is 11.1 Å². The van der Waals surface area contributed by atoms with Crippen LogP contribution in [0.1, 0.15) is 12.0 Å². The number of halogens is 1. The molecule has 0 aromatic heterocycles. The van der Waals surface area contributed by atoms with Crippen LogP contribution in [0.2, 0.25) is 5.02 Å². The minimum Gasteiger partial charge on any atom is -0.469 e. The lowest BCUT2D eigenvalue weighted by molar-refractivity contribution is -0.140. The molecule has 0 bridgehead atoms. The molecule has 2 N–H and O–H groups in total. The SMILES string of the molecule is COC(=O)C[C@@H](N)Cc1ccc(Cl)cc1. The number of ether oxygens (including phenoxy) is 1. The van der Waals surface area contributed by atoms with E-state index in [-0.39, 0.29) is 18.4 Å². The number of carbonyl (C=O) groups is 1. The number of methoxy groups -OCH3 is 1. The number of nitrogens with two attached hydrogens (primary N) is 1. The zero-order chi connectivity index (χ0) is 11.3. The maximum Gasteiger partial charge on any atom is 0.307 e. The van der Waals surface area contributed by atoms with Crippen LogP contribution < -0.4 is 5.73 Å². The first-order valence-electron chi connectivity index (χ1n) is 4.68. The van der Waals surface area contributed by atoms with E-state index in [1.807, 2.05) is 24.3 Å². The molecule has 0 saturated carbocycles. The quantitative estimate of drug-likeness (QED) is 0.798. The number of esters is 1. The van der Waals surface area contributed by atoms with E-state index in [2.05, 4.69) is 4.74 Å². The van der Waals surface area contributed by atoms with Crippen LogP contribution in [0, 0.1) is 0 Å². The highest BCUT2D eigenvalue weighted by Crippen LogP contribution is 2.11. The van der Waals surface area contributed by atoms with E-state index in [1.165, 1.54) is 7.11 Å². The van der Waals surface area contributed by atoms with Gasteiger partial charge in [-0.15, -0.1) is 0 Å². The number of benzene rings is 1. The van der Waals surface area contributed by atoms with Crippen molar-refractivity contribution in [2.45, 2.75) is 18.9 Å². The molecule has 3 nitrogen and oxygen atoms in total. The van der Waals surface area contributed by atoms with Gasteiger partial charge in [-0.1, -0.05) is 23.7 Å². The highest BCUT2D eigenvalue weighted by atomic mass is 35.5. The van der Waals surface area contributed by atoms with E-state index in [0.29, 0.717) is 11.4 Å². The third kappa shape index (κ3) is 4.32. The van der Waals surface area contributed by atoms with Crippen molar-refractivity contribution in [3.8, 4) is 0 Å². The normalized spacial score (nSPS) is 12.2. The molecule has 0 saturated heterocycles. The summed E-state index contributed by atoms with van der Waals surface area (Å²) in [5.41, 5.74) is 6.85. The van der Waals surface area contributed by atoms with Gasteiger partial charge in [0.25, 0.3) is 0 Å². The Labute approximate surface area is 94.2 Å². The molecule has 1 aromatic carbocycles. The Balaban J connectivity index is 2.47. The number of carbonyl (C=O) groups excluding carboxylic acids is 1. The molecule has 4 heteroatoms. The molecule has 0 aliphatic carbocycles. The van der Waals surface area contributed by atoms with Gasteiger partial charge in [-0.3, -0.25) is 4.79 Å². The van der Waals surface area contributed by atoms with Gasteiger partial charge >= 0.3 is 5.97 Å². The molecule has 1 atom stereocenters. The van der Waals surface area contributed by atoms with E-state index in [4.69, 9.17) is 17.3 Å². The highest BCUT2D eigenvalue weighted by Gasteiger charge is 2.09. The average Bonchev–Trinajstić information content (AvgIpc) is 2.21. The Kier molecular flexibility index (Phi) is 4.59. The van der Waals surface area contributed by atoms with Crippen LogP contribution in [-0.4, -0.2) is 19.1 Å². The lowest BCUT2D eigenvalue weighted by Crippen LogP contribution is -2.26. The Morgan fingerprint density at radius 1 is 1.47 bits per heavy atom. The van der Waals surface area contributed by atoms with Crippen LogP contribution in [0.25, 0.3) is 0 Å². The molecule has 0 amide bonds. The maximum absolute atomic E-state index is 10.9. The second-order valence-corrected chi connectivity index (χ2v) is 3.81. The van der Waals surface area contributed by atoms with Gasteiger partial charge in [0.05, 0.1) is 13.5 Å². The fraction of sp³-hybridized carbons (Fsp3) is 0.364. The lowest BCUT2D eigenvalue weighted by atomic mass is 10.0. The standard InChI is InChI=1S/C11H14ClNO2/c1-15-11(14)7-10(13)6-8-2-4-9(12)5-3-8/h2-5,10H,6-7,13H2,1H3/t10-/m0/s1. The molecule has 0 fully saturated rings. The van der Waals surface area contributed by atoms with Crippen LogP contribution in [0.5, 0.6) is 0 Å². The van der Waals surface area contributed by atoms with Gasteiger partial charge in [-0.2, -0.15) is 0 Å². The minimum atomic E-state index is -0.281.